The molecule has 5 rings (SSSR count). The Balaban J connectivity index is 1.56. The van der Waals surface area contributed by atoms with Crippen molar-refractivity contribution in [3.05, 3.63) is 112 Å². The van der Waals surface area contributed by atoms with Crippen LogP contribution in [0.2, 0.25) is 0 Å². The second-order valence-corrected chi connectivity index (χ2v) is 8.89. The third-order valence-corrected chi connectivity index (χ3v) is 6.58. The summed E-state index contributed by atoms with van der Waals surface area (Å²) in [5.74, 6) is 0. The SMILES string of the molecule is Cc1c(N=Nc2ccccc2)s/c(=N\N=C2/CCCc3ccccc32)n1/N=C/c1ccccc1. The summed E-state index contributed by atoms with van der Waals surface area (Å²) in [7, 11) is 0. The van der Waals surface area contributed by atoms with Crippen molar-refractivity contribution >= 4 is 34.0 Å². The van der Waals surface area contributed by atoms with Gasteiger partial charge in [-0.25, -0.2) is 4.68 Å². The van der Waals surface area contributed by atoms with Crippen molar-refractivity contribution in [1.29, 1.82) is 0 Å². The summed E-state index contributed by atoms with van der Waals surface area (Å²) >= 11 is 1.43. The summed E-state index contributed by atoms with van der Waals surface area (Å²) in [5.41, 5.74) is 6.20. The molecule has 0 N–H and O–H groups in total. The molecule has 0 unspecified atom stereocenters. The number of aromatic nitrogens is 1. The molecule has 0 fully saturated rings. The van der Waals surface area contributed by atoms with E-state index in [1.807, 2.05) is 73.8 Å². The van der Waals surface area contributed by atoms with Gasteiger partial charge in [0, 0.05) is 5.56 Å². The molecule has 0 spiro atoms. The molecule has 168 valence electrons. The molecular formula is C27H24N6S. The van der Waals surface area contributed by atoms with Crippen LogP contribution in [-0.2, 0) is 6.42 Å². The van der Waals surface area contributed by atoms with Crippen LogP contribution in [0.5, 0.6) is 0 Å². The van der Waals surface area contributed by atoms with Gasteiger partial charge in [0.15, 0.2) is 5.00 Å². The summed E-state index contributed by atoms with van der Waals surface area (Å²) in [6.07, 6.45) is 4.90. The fraction of sp³-hybridized carbons (Fsp3) is 0.148. The van der Waals surface area contributed by atoms with Gasteiger partial charge in [-0.05, 0) is 49.4 Å². The Morgan fingerprint density at radius 1 is 0.794 bits per heavy atom. The van der Waals surface area contributed by atoms with Crippen molar-refractivity contribution < 1.29 is 0 Å². The quantitative estimate of drug-likeness (QED) is 0.177. The minimum Gasteiger partial charge on any atom is -0.206 e. The average Bonchev–Trinajstić information content (AvgIpc) is 3.20. The maximum atomic E-state index is 4.70. The van der Waals surface area contributed by atoms with Gasteiger partial charge in [-0.1, -0.05) is 84.1 Å². The lowest BCUT2D eigenvalue weighted by atomic mass is 9.90. The lowest BCUT2D eigenvalue weighted by Crippen LogP contribution is -2.14. The van der Waals surface area contributed by atoms with E-state index < -0.39 is 0 Å². The molecule has 4 aromatic rings. The third kappa shape index (κ3) is 5.00. The number of benzene rings is 3. The van der Waals surface area contributed by atoms with Crippen molar-refractivity contribution in [3.63, 3.8) is 0 Å². The average molecular weight is 465 g/mol. The summed E-state index contributed by atoms with van der Waals surface area (Å²) in [5, 5.41) is 23.6. The Kier molecular flexibility index (Phi) is 6.63. The van der Waals surface area contributed by atoms with E-state index in [0.29, 0.717) is 4.80 Å². The number of rotatable bonds is 5. The zero-order valence-corrected chi connectivity index (χ0v) is 19.7. The van der Waals surface area contributed by atoms with Gasteiger partial charge in [0.1, 0.15) is 0 Å². The van der Waals surface area contributed by atoms with Gasteiger partial charge < -0.3 is 0 Å². The summed E-state index contributed by atoms with van der Waals surface area (Å²) in [6.45, 7) is 1.97. The fourth-order valence-electron chi connectivity index (χ4n) is 3.80. The van der Waals surface area contributed by atoms with Crippen molar-refractivity contribution in [2.75, 3.05) is 0 Å². The first kappa shape index (κ1) is 21.9. The number of fused-ring (bicyclic) bond motifs is 1. The predicted octanol–water partition coefficient (Wildman–Crippen LogP) is 6.80. The van der Waals surface area contributed by atoms with Gasteiger partial charge >= 0.3 is 0 Å². The second-order valence-electron chi connectivity index (χ2n) is 7.94. The van der Waals surface area contributed by atoms with Crippen molar-refractivity contribution in [1.82, 2.24) is 4.68 Å². The van der Waals surface area contributed by atoms with Crippen LogP contribution in [0.4, 0.5) is 10.7 Å². The highest BCUT2D eigenvalue weighted by Crippen LogP contribution is 2.26. The van der Waals surface area contributed by atoms with Gasteiger partial charge in [0.2, 0.25) is 4.80 Å². The Morgan fingerprint density at radius 3 is 2.35 bits per heavy atom. The Labute approximate surface area is 202 Å². The maximum Gasteiger partial charge on any atom is 0.233 e. The molecule has 34 heavy (non-hydrogen) atoms. The van der Waals surface area contributed by atoms with Gasteiger partial charge in [0.05, 0.1) is 23.3 Å². The zero-order valence-electron chi connectivity index (χ0n) is 18.9. The largest absolute Gasteiger partial charge is 0.233 e. The molecule has 0 radical (unpaired) electrons. The molecule has 0 bridgehead atoms. The number of thiazole rings is 1. The van der Waals surface area contributed by atoms with E-state index in [9.17, 15) is 0 Å². The fourth-order valence-corrected chi connectivity index (χ4v) is 4.64. The van der Waals surface area contributed by atoms with Crippen LogP contribution in [0, 0.1) is 6.92 Å². The van der Waals surface area contributed by atoms with Crippen LogP contribution in [0.15, 0.2) is 110 Å². The van der Waals surface area contributed by atoms with Gasteiger partial charge in [-0.3, -0.25) is 0 Å². The molecule has 3 aromatic carbocycles. The normalized spacial score (nSPS) is 15.4. The first-order chi connectivity index (χ1) is 16.8. The minimum atomic E-state index is 0.655. The van der Waals surface area contributed by atoms with E-state index in [1.54, 1.807) is 4.68 Å². The molecule has 0 saturated heterocycles. The molecule has 1 aliphatic rings. The highest BCUT2D eigenvalue weighted by atomic mass is 32.1. The first-order valence-electron chi connectivity index (χ1n) is 11.3. The number of hydrogen-bond donors (Lipinski definition) is 0. The molecule has 0 atom stereocenters. The van der Waals surface area contributed by atoms with Crippen molar-refractivity contribution in [2.24, 2.45) is 25.5 Å². The van der Waals surface area contributed by atoms with E-state index >= 15 is 0 Å². The molecule has 0 aliphatic heterocycles. The summed E-state index contributed by atoms with van der Waals surface area (Å²) in [6, 6.07) is 28.1. The lowest BCUT2D eigenvalue weighted by molar-refractivity contribution is 0.791. The van der Waals surface area contributed by atoms with Crippen LogP contribution in [0.25, 0.3) is 0 Å². The Morgan fingerprint density at radius 2 is 1.53 bits per heavy atom. The molecule has 7 heteroatoms. The van der Waals surface area contributed by atoms with Crippen LogP contribution in [-0.4, -0.2) is 16.6 Å². The highest BCUT2D eigenvalue weighted by Gasteiger charge is 2.15. The van der Waals surface area contributed by atoms with Crippen molar-refractivity contribution in [2.45, 2.75) is 26.2 Å². The molecule has 1 aromatic heterocycles. The molecular weight excluding hydrogens is 440 g/mol. The maximum absolute atomic E-state index is 4.70. The Hall–Kier alpha value is -3.97. The third-order valence-electron chi connectivity index (χ3n) is 5.57. The predicted molar refractivity (Wildman–Crippen MR) is 139 cm³/mol. The van der Waals surface area contributed by atoms with Gasteiger partial charge in [-0.15, -0.1) is 15.3 Å². The molecule has 0 saturated carbocycles. The lowest BCUT2D eigenvalue weighted by Gasteiger charge is -2.16. The standard InChI is InChI=1S/C27H24N6S/c1-20-26(31-29-23-15-6-3-7-16-23)34-27(33(20)28-19-21-11-4-2-5-12-21)32-30-25-18-10-14-22-13-8-9-17-24(22)25/h2-9,11-13,15-17,19H,10,14,18H2,1H3/b28-19+,30-25+,31-29?,32-27-. The van der Waals surface area contributed by atoms with Crippen LogP contribution in [0.3, 0.4) is 0 Å². The number of hydrogen-bond acceptors (Lipinski definition) is 6. The minimum absolute atomic E-state index is 0.655. The van der Waals surface area contributed by atoms with E-state index in [4.69, 9.17) is 5.10 Å². The topological polar surface area (TPSA) is 66.7 Å². The Bertz CT molecular complexity index is 1430. The molecule has 1 aliphatic carbocycles. The van der Waals surface area contributed by atoms with Gasteiger partial charge in [0.25, 0.3) is 0 Å². The van der Waals surface area contributed by atoms with Crippen molar-refractivity contribution in [3.8, 4) is 0 Å². The molecule has 6 nitrogen and oxygen atoms in total. The summed E-state index contributed by atoms with van der Waals surface area (Å²) < 4.78 is 1.79. The van der Waals surface area contributed by atoms with E-state index in [-0.39, 0.29) is 0 Å². The summed E-state index contributed by atoms with van der Waals surface area (Å²) in [4.78, 5) is 0.655. The number of nitrogens with zero attached hydrogens (tertiary/aromatic N) is 6. The van der Waals surface area contributed by atoms with E-state index in [2.05, 4.69) is 44.7 Å². The molecule has 0 amide bonds. The zero-order chi connectivity index (χ0) is 23.2. The number of aryl methyl sites for hydroxylation is 1. The van der Waals surface area contributed by atoms with Gasteiger partial charge in [-0.2, -0.15) is 10.2 Å². The number of azo groups is 1. The van der Waals surface area contributed by atoms with E-state index in [1.165, 1.54) is 22.5 Å². The van der Waals surface area contributed by atoms with Crippen LogP contribution in [0.1, 0.15) is 35.2 Å². The highest BCUT2D eigenvalue weighted by molar-refractivity contribution is 7.13. The van der Waals surface area contributed by atoms with E-state index in [0.717, 1.165) is 46.9 Å². The van der Waals surface area contributed by atoms with Crippen LogP contribution < -0.4 is 4.80 Å². The monoisotopic (exact) mass is 464 g/mol. The second kappa shape index (κ2) is 10.3. The molecule has 1 heterocycles. The van der Waals surface area contributed by atoms with Crippen LogP contribution >= 0.6 is 11.3 Å². The smallest absolute Gasteiger partial charge is 0.206 e. The first-order valence-corrected chi connectivity index (χ1v) is 12.1.